The minimum absolute atomic E-state index is 0.140. The Morgan fingerprint density at radius 3 is 2.57 bits per heavy atom. The zero-order valence-corrected chi connectivity index (χ0v) is 14.7. The van der Waals surface area contributed by atoms with E-state index in [1.807, 2.05) is 12.1 Å². The van der Waals surface area contributed by atoms with E-state index in [9.17, 15) is 4.79 Å². The summed E-state index contributed by atoms with van der Waals surface area (Å²) in [6, 6.07) is 5.80. The van der Waals surface area contributed by atoms with Crippen LogP contribution in [0.2, 0.25) is 10.0 Å². The second-order valence-electron chi connectivity index (χ2n) is 5.59. The summed E-state index contributed by atoms with van der Waals surface area (Å²) in [7, 11) is 0. The first-order chi connectivity index (χ1) is 11.1. The van der Waals surface area contributed by atoms with Crippen LogP contribution in [0, 0.1) is 0 Å². The molecule has 2 aromatic rings. The van der Waals surface area contributed by atoms with Crippen LogP contribution >= 0.6 is 34.7 Å². The minimum atomic E-state index is -0.140. The quantitative estimate of drug-likeness (QED) is 0.897. The van der Waals surface area contributed by atoms with Crippen molar-refractivity contribution >= 4 is 40.6 Å². The van der Waals surface area contributed by atoms with Crippen LogP contribution in [-0.2, 0) is 6.54 Å². The van der Waals surface area contributed by atoms with Crippen LogP contribution in [0.15, 0.2) is 23.6 Å². The number of rotatable bonds is 4. The highest BCUT2D eigenvalue weighted by atomic mass is 35.5. The van der Waals surface area contributed by atoms with Crippen LogP contribution < -0.4 is 5.32 Å². The number of likely N-dealkylation sites (tertiary alicyclic amines) is 1. The Morgan fingerprint density at radius 1 is 1.26 bits per heavy atom. The number of hydrogen-bond donors (Lipinski definition) is 1. The summed E-state index contributed by atoms with van der Waals surface area (Å²) in [6.07, 6.45) is 1.83. The summed E-state index contributed by atoms with van der Waals surface area (Å²) in [4.78, 5) is 14.3. The molecule has 1 aliphatic heterocycles. The van der Waals surface area contributed by atoms with Crippen LogP contribution in [0.5, 0.6) is 0 Å². The van der Waals surface area contributed by atoms with Gasteiger partial charge in [-0.3, -0.25) is 9.69 Å². The Labute approximate surface area is 148 Å². The Bertz CT molecular complexity index is 652. The number of halogens is 2. The maximum Gasteiger partial charge on any atom is 0.272 e. The van der Waals surface area contributed by atoms with E-state index in [2.05, 4.69) is 19.8 Å². The zero-order valence-electron chi connectivity index (χ0n) is 12.3. The van der Waals surface area contributed by atoms with Gasteiger partial charge in [0.15, 0.2) is 5.69 Å². The first-order valence-electron chi connectivity index (χ1n) is 7.35. The molecule has 0 saturated carbocycles. The number of piperidine rings is 1. The summed E-state index contributed by atoms with van der Waals surface area (Å²) in [5.41, 5.74) is 1.50. The fourth-order valence-electron chi connectivity index (χ4n) is 2.72. The Morgan fingerprint density at radius 2 is 1.96 bits per heavy atom. The second kappa shape index (κ2) is 7.57. The third-order valence-electron chi connectivity index (χ3n) is 3.84. The fraction of sp³-hybridized carbons (Fsp3) is 0.400. The normalized spacial score (nSPS) is 16.4. The number of carbonyl (C=O) groups is 1. The highest BCUT2D eigenvalue weighted by Crippen LogP contribution is 2.21. The van der Waals surface area contributed by atoms with Gasteiger partial charge in [0, 0.05) is 41.1 Å². The monoisotopic (exact) mass is 370 g/mol. The maximum absolute atomic E-state index is 12.0. The summed E-state index contributed by atoms with van der Waals surface area (Å²) < 4.78 is 3.71. The van der Waals surface area contributed by atoms with Crippen molar-refractivity contribution < 1.29 is 4.79 Å². The lowest BCUT2D eigenvalue weighted by molar-refractivity contribution is 0.0904. The largest absolute Gasteiger partial charge is 0.348 e. The lowest BCUT2D eigenvalue weighted by Crippen LogP contribution is -2.44. The van der Waals surface area contributed by atoms with Crippen molar-refractivity contribution in [2.24, 2.45) is 0 Å². The number of aromatic nitrogens is 2. The molecule has 0 aliphatic carbocycles. The van der Waals surface area contributed by atoms with Gasteiger partial charge in [0.25, 0.3) is 5.91 Å². The molecule has 1 fully saturated rings. The van der Waals surface area contributed by atoms with Crippen molar-refractivity contribution in [3.63, 3.8) is 0 Å². The standard InChI is InChI=1S/C15H16Cl2N4OS/c16-11-5-10(6-12(17)7-11)8-21-3-1-13(2-4-21)18-15(22)14-9-23-20-19-14/h5-7,9,13H,1-4,8H2,(H,18,22). The molecule has 0 unspecified atom stereocenters. The van der Waals surface area contributed by atoms with E-state index in [1.165, 1.54) is 11.5 Å². The molecule has 1 saturated heterocycles. The molecule has 1 aromatic carbocycles. The molecule has 2 heterocycles. The first kappa shape index (κ1) is 16.6. The van der Waals surface area contributed by atoms with Crippen LogP contribution in [0.1, 0.15) is 28.9 Å². The molecule has 1 N–H and O–H groups in total. The number of nitrogens with zero attached hydrogens (tertiary/aromatic N) is 3. The Kier molecular flexibility index (Phi) is 5.48. The molecule has 122 valence electrons. The van der Waals surface area contributed by atoms with Gasteiger partial charge < -0.3 is 5.32 Å². The summed E-state index contributed by atoms with van der Waals surface area (Å²) in [5.74, 6) is -0.140. The first-order valence-corrected chi connectivity index (χ1v) is 8.94. The predicted molar refractivity (Wildman–Crippen MR) is 92.1 cm³/mol. The SMILES string of the molecule is O=C(NC1CCN(Cc2cc(Cl)cc(Cl)c2)CC1)c1csnn1. The Balaban J connectivity index is 1.49. The number of carbonyl (C=O) groups excluding carboxylic acids is 1. The van der Waals surface area contributed by atoms with Crippen molar-refractivity contribution in [1.82, 2.24) is 19.8 Å². The van der Waals surface area contributed by atoms with E-state index in [0.717, 1.165) is 38.0 Å². The summed E-state index contributed by atoms with van der Waals surface area (Å²) >= 11 is 13.3. The van der Waals surface area contributed by atoms with Crippen LogP contribution in [0.25, 0.3) is 0 Å². The third kappa shape index (κ3) is 4.64. The van der Waals surface area contributed by atoms with E-state index in [1.54, 1.807) is 11.4 Å². The second-order valence-corrected chi connectivity index (χ2v) is 7.07. The molecular weight excluding hydrogens is 355 g/mol. The van der Waals surface area contributed by atoms with E-state index in [4.69, 9.17) is 23.2 Å². The lowest BCUT2D eigenvalue weighted by atomic mass is 10.0. The third-order valence-corrected chi connectivity index (χ3v) is 4.79. The minimum Gasteiger partial charge on any atom is -0.348 e. The van der Waals surface area contributed by atoms with E-state index < -0.39 is 0 Å². The highest BCUT2D eigenvalue weighted by Gasteiger charge is 2.22. The number of benzene rings is 1. The van der Waals surface area contributed by atoms with Crippen molar-refractivity contribution in [3.8, 4) is 0 Å². The van der Waals surface area contributed by atoms with Gasteiger partial charge in [-0.1, -0.05) is 27.7 Å². The fourth-order valence-corrected chi connectivity index (χ4v) is 3.73. The number of hydrogen-bond acceptors (Lipinski definition) is 5. The van der Waals surface area contributed by atoms with Gasteiger partial charge in [0.2, 0.25) is 0 Å². The Hall–Kier alpha value is -1.21. The molecular formula is C15H16Cl2N4OS. The van der Waals surface area contributed by atoms with Crippen LogP contribution in [0.4, 0.5) is 0 Å². The topological polar surface area (TPSA) is 58.1 Å². The van der Waals surface area contributed by atoms with Gasteiger partial charge >= 0.3 is 0 Å². The van der Waals surface area contributed by atoms with Crippen molar-refractivity contribution in [2.75, 3.05) is 13.1 Å². The summed E-state index contributed by atoms with van der Waals surface area (Å²) in [5, 5.41) is 9.79. The lowest BCUT2D eigenvalue weighted by Gasteiger charge is -2.32. The molecule has 8 heteroatoms. The molecule has 0 atom stereocenters. The van der Waals surface area contributed by atoms with Gasteiger partial charge in [-0.25, -0.2) is 0 Å². The summed E-state index contributed by atoms with van der Waals surface area (Å²) in [6.45, 7) is 2.66. The zero-order chi connectivity index (χ0) is 16.2. The van der Waals surface area contributed by atoms with Gasteiger partial charge in [-0.15, -0.1) is 5.10 Å². The molecule has 0 spiro atoms. The molecule has 5 nitrogen and oxygen atoms in total. The van der Waals surface area contributed by atoms with Gasteiger partial charge in [0.1, 0.15) is 0 Å². The van der Waals surface area contributed by atoms with Crippen molar-refractivity contribution in [3.05, 3.63) is 44.9 Å². The van der Waals surface area contributed by atoms with Gasteiger partial charge in [-0.2, -0.15) is 0 Å². The van der Waals surface area contributed by atoms with Crippen LogP contribution in [-0.4, -0.2) is 39.5 Å². The average molecular weight is 371 g/mol. The molecule has 3 rings (SSSR count). The molecule has 23 heavy (non-hydrogen) atoms. The van der Waals surface area contributed by atoms with Crippen molar-refractivity contribution in [1.29, 1.82) is 0 Å². The maximum atomic E-state index is 12.0. The van der Waals surface area contributed by atoms with E-state index in [-0.39, 0.29) is 11.9 Å². The molecule has 0 radical (unpaired) electrons. The molecule has 1 amide bonds. The average Bonchev–Trinajstić information content (AvgIpc) is 3.02. The van der Waals surface area contributed by atoms with Gasteiger partial charge in [-0.05, 0) is 48.1 Å². The smallest absolute Gasteiger partial charge is 0.272 e. The van der Waals surface area contributed by atoms with Gasteiger partial charge in [0.05, 0.1) is 0 Å². The van der Waals surface area contributed by atoms with Crippen LogP contribution in [0.3, 0.4) is 0 Å². The highest BCUT2D eigenvalue weighted by molar-refractivity contribution is 7.03. The molecule has 1 aromatic heterocycles. The molecule has 1 aliphatic rings. The predicted octanol–water partition coefficient (Wildman–Crippen LogP) is 3.24. The van der Waals surface area contributed by atoms with E-state index in [0.29, 0.717) is 15.7 Å². The molecule has 0 bridgehead atoms. The van der Waals surface area contributed by atoms with E-state index >= 15 is 0 Å². The number of nitrogens with one attached hydrogen (secondary N) is 1. The van der Waals surface area contributed by atoms with Crippen molar-refractivity contribution in [2.45, 2.75) is 25.4 Å². The number of amides is 1.